The molecule has 0 heterocycles. The zero-order valence-electron chi connectivity index (χ0n) is 13.0. The number of likely N-dealkylation sites (N-methyl/N-ethyl adjacent to an activating group) is 2. The third kappa shape index (κ3) is 5.27. The predicted octanol–water partition coefficient (Wildman–Crippen LogP) is 3.67. The number of nitrogens with zero attached hydrogens (tertiary/aromatic N) is 1. The molecule has 0 amide bonds. The second-order valence-corrected chi connectivity index (χ2v) is 6.14. The largest absolute Gasteiger partial charge is 0.313 e. The van der Waals surface area contributed by atoms with Crippen molar-refractivity contribution in [3.63, 3.8) is 0 Å². The fraction of sp³-hybridized carbons (Fsp3) is 1.00. The summed E-state index contributed by atoms with van der Waals surface area (Å²) in [6.45, 7) is 9.22. The molecule has 1 N–H and O–H groups in total. The van der Waals surface area contributed by atoms with Crippen molar-refractivity contribution < 1.29 is 0 Å². The molecule has 0 aromatic rings. The first-order valence-corrected chi connectivity index (χ1v) is 8.12. The number of rotatable bonds is 8. The molecule has 0 bridgehead atoms. The van der Waals surface area contributed by atoms with Crippen LogP contribution in [0.1, 0.15) is 65.7 Å². The first kappa shape index (κ1) is 16.0. The summed E-state index contributed by atoms with van der Waals surface area (Å²) in [4.78, 5) is 2.56. The van der Waals surface area contributed by atoms with Crippen molar-refractivity contribution in [3.05, 3.63) is 0 Å². The van der Waals surface area contributed by atoms with E-state index in [1.54, 1.807) is 0 Å². The first-order chi connectivity index (χ1) is 8.69. The lowest BCUT2D eigenvalue weighted by atomic mass is 9.83. The molecule has 1 fully saturated rings. The lowest BCUT2D eigenvalue weighted by molar-refractivity contribution is 0.172. The fourth-order valence-electron chi connectivity index (χ4n) is 3.31. The zero-order valence-corrected chi connectivity index (χ0v) is 13.0. The van der Waals surface area contributed by atoms with E-state index in [9.17, 15) is 0 Å². The minimum atomic E-state index is 0.708. The second kappa shape index (κ2) is 8.92. The van der Waals surface area contributed by atoms with Crippen LogP contribution in [0, 0.1) is 5.92 Å². The van der Waals surface area contributed by atoms with Gasteiger partial charge in [-0.15, -0.1) is 0 Å². The topological polar surface area (TPSA) is 15.3 Å². The molecule has 1 aliphatic carbocycles. The Bertz CT molecular complexity index is 199. The number of hydrogen-bond donors (Lipinski definition) is 1. The Morgan fingerprint density at radius 2 is 1.83 bits per heavy atom. The Morgan fingerprint density at radius 1 is 1.17 bits per heavy atom. The van der Waals surface area contributed by atoms with Crippen molar-refractivity contribution in [1.82, 2.24) is 10.2 Å². The third-order valence-corrected chi connectivity index (χ3v) is 4.63. The standard InChI is InChI=1S/C16H34N2/c1-5-10-14(3)18(4)13-16(17-6-2)15-11-8-7-9-12-15/h14-17H,5-13H2,1-4H3. The molecule has 1 rings (SSSR count). The van der Waals surface area contributed by atoms with Crippen molar-refractivity contribution >= 4 is 0 Å². The Labute approximate surface area is 115 Å². The van der Waals surface area contributed by atoms with Gasteiger partial charge in [-0.2, -0.15) is 0 Å². The van der Waals surface area contributed by atoms with Crippen molar-refractivity contribution in [2.45, 2.75) is 77.8 Å². The molecule has 0 aromatic carbocycles. The Morgan fingerprint density at radius 3 is 2.39 bits per heavy atom. The SMILES string of the molecule is CCCC(C)N(C)CC(NCC)C1CCCCC1. The van der Waals surface area contributed by atoms with Gasteiger partial charge in [-0.1, -0.05) is 39.5 Å². The fourth-order valence-corrected chi connectivity index (χ4v) is 3.31. The Hall–Kier alpha value is -0.0800. The van der Waals surface area contributed by atoms with E-state index in [4.69, 9.17) is 0 Å². The highest BCUT2D eigenvalue weighted by Gasteiger charge is 2.24. The van der Waals surface area contributed by atoms with Gasteiger partial charge in [0.15, 0.2) is 0 Å². The molecule has 0 aromatic heterocycles. The van der Waals surface area contributed by atoms with E-state index in [0.29, 0.717) is 6.04 Å². The maximum absolute atomic E-state index is 3.74. The molecule has 0 saturated heterocycles. The van der Waals surface area contributed by atoms with Gasteiger partial charge < -0.3 is 10.2 Å². The minimum Gasteiger partial charge on any atom is -0.313 e. The molecule has 2 heteroatoms. The average molecular weight is 254 g/mol. The summed E-state index contributed by atoms with van der Waals surface area (Å²) in [5, 5.41) is 3.74. The summed E-state index contributed by atoms with van der Waals surface area (Å²) in [6.07, 6.45) is 9.83. The van der Waals surface area contributed by atoms with Crippen LogP contribution in [0.5, 0.6) is 0 Å². The van der Waals surface area contributed by atoms with Crippen LogP contribution in [-0.2, 0) is 0 Å². The summed E-state index contributed by atoms with van der Waals surface area (Å²) in [5.74, 6) is 0.912. The molecule has 2 nitrogen and oxygen atoms in total. The Balaban J connectivity index is 2.44. The highest BCUT2D eigenvalue weighted by Crippen LogP contribution is 2.27. The molecular weight excluding hydrogens is 220 g/mol. The molecule has 18 heavy (non-hydrogen) atoms. The van der Waals surface area contributed by atoms with E-state index in [1.807, 2.05) is 0 Å². The van der Waals surface area contributed by atoms with Gasteiger partial charge in [-0.05, 0) is 45.7 Å². The van der Waals surface area contributed by atoms with Crippen molar-refractivity contribution in [2.24, 2.45) is 5.92 Å². The molecule has 108 valence electrons. The van der Waals surface area contributed by atoms with Gasteiger partial charge in [0.1, 0.15) is 0 Å². The normalized spacial score (nSPS) is 21.2. The van der Waals surface area contributed by atoms with E-state index >= 15 is 0 Å². The van der Waals surface area contributed by atoms with Crippen LogP contribution in [0.4, 0.5) is 0 Å². The lowest BCUT2D eigenvalue weighted by Crippen LogP contribution is -2.47. The van der Waals surface area contributed by atoms with Gasteiger partial charge >= 0.3 is 0 Å². The van der Waals surface area contributed by atoms with E-state index in [1.165, 1.54) is 51.5 Å². The highest BCUT2D eigenvalue weighted by molar-refractivity contribution is 4.82. The smallest absolute Gasteiger partial charge is 0.0223 e. The molecular formula is C16H34N2. The van der Waals surface area contributed by atoms with Crippen LogP contribution in [-0.4, -0.2) is 37.1 Å². The van der Waals surface area contributed by atoms with Crippen LogP contribution < -0.4 is 5.32 Å². The molecule has 1 saturated carbocycles. The van der Waals surface area contributed by atoms with Gasteiger partial charge in [-0.25, -0.2) is 0 Å². The average Bonchev–Trinajstić information content (AvgIpc) is 2.39. The minimum absolute atomic E-state index is 0.708. The molecule has 0 aliphatic heterocycles. The molecule has 1 aliphatic rings. The number of nitrogens with one attached hydrogen (secondary N) is 1. The number of hydrogen-bond acceptors (Lipinski definition) is 2. The quantitative estimate of drug-likeness (QED) is 0.711. The highest BCUT2D eigenvalue weighted by atomic mass is 15.1. The van der Waals surface area contributed by atoms with Crippen molar-refractivity contribution in [1.29, 1.82) is 0 Å². The van der Waals surface area contributed by atoms with Crippen molar-refractivity contribution in [2.75, 3.05) is 20.1 Å². The van der Waals surface area contributed by atoms with Crippen LogP contribution >= 0.6 is 0 Å². The van der Waals surface area contributed by atoms with Crippen LogP contribution in [0.25, 0.3) is 0 Å². The van der Waals surface area contributed by atoms with Gasteiger partial charge in [0.2, 0.25) is 0 Å². The van der Waals surface area contributed by atoms with E-state index in [-0.39, 0.29) is 0 Å². The summed E-state index contributed by atoms with van der Waals surface area (Å²) < 4.78 is 0. The van der Waals surface area contributed by atoms with Gasteiger partial charge in [0, 0.05) is 18.6 Å². The monoisotopic (exact) mass is 254 g/mol. The molecule has 0 radical (unpaired) electrons. The third-order valence-electron chi connectivity index (χ3n) is 4.63. The summed E-state index contributed by atoms with van der Waals surface area (Å²) in [7, 11) is 2.30. The lowest BCUT2D eigenvalue weighted by Gasteiger charge is -2.35. The molecule has 0 spiro atoms. The summed E-state index contributed by atoms with van der Waals surface area (Å²) in [5.41, 5.74) is 0. The van der Waals surface area contributed by atoms with Crippen LogP contribution in [0.15, 0.2) is 0 Å². The predicted molar refractivity (Wildman–Crippen MR) is 81.0 cm³/mol. The first-order valence-electron chi connectivity index (χ1n) is 8.12. The molecule has 2 atom stereocenters. The van der Waals surface area contributed by atoms with Crippen LogP contribution in [0.3, 0.4) is 0 Å². The zero-order chi connectivity index (χ0) is 13.4. The molecule has 2 unspecified atom stereocenters. The van der Waals surface area contributed by atoms with E-state index < -0.39 is 0 Å². The second-order valence-electron chi connectivity index (χ2n) is 6.14. The maximum atomic E-state index is 3.74. The summed E-state index contributed by atoms with van der Waals surface area (Å²) in [6, 6.07) is 1.43. The van der Waals surface area contributed by atoms with Gasteiger partial charge in [0.05, 0.1) is 0 Å². The van der Waals surface area contributed by atoms with Gasteiger partial charge in [0.25, 0.3) is 0 Å². The maximum Gasteiger partial charge on any atom is 0.0223 e. The van der Waals surface area contributed by atoms with E-state index in [0.717, 1.165) is 18.5 Å². The van der Waals surface area contributed by atoms with E-state index in [2.05, 4.69) is 38.0 Å². The van der Waals surface area contributed by atoms with Crippen LogP contribution in [0.2, 0.25) is 0 Å². The Kier molecular flexibility index (Phi) is 7.92. The van der Waals surface area contributed by atoms with Gasteiger partial charge in [-0.3, -0.25) is 0 Å². The summed E-state index contributed by atoms with van der Waals surface area (Å²) >= 11 is 0. The van der Waals surface area contributed by atoms with Crippen molar-refractivity contribution in [3.8, 4) is 0 Å².